The molecule has 1 heteroatoms. The maximum atomic E-state index is 12.9. The molecular formula is C19H28O. The van der Waals surface area contributed by atoms with Gasteiger partial charge in [-0.05, 0) is 37.2 Å². The summed E-state index contributed by atoms with van der Waals surface area (Å²) in [7, 11) is 0. The Morgan fingerprint density at radius 1 is 1.15 bits per heavy atom. The summed E-state index contributed by atoms with van der Waals surface area (Å²) in [6.45, 7) is 4.39. The zero-order valence-corrected chi connectivity index (χ0v) is 13.0. The topological polar surface area (TPSA) is 17.1 Å². The number of Topliss-reactive ketones (excluding diaryl/α,β-unsaturated/α-hetero) is 1. The standard InChI is InChI=1S/C19H28O/c1-3-5-10-16(9-4-2)19(20)18-14-7-6-13-17(18)15-11-8-12-15/h6-7,13-16H,3-5,8-12H2,1-2H3. The van der Waals surface area contributed by atoms with Crippen molar-refractivity contribution in [1.82, 2.24) is 0 Å². The van der Waals surface area contributed by atoms with Crippen LogP contribution in [0, 0.1) is 5.92 Å². The molecule has 0 aliphatic heterocycles. The van der Waals surface area contributed by atoms with E-state index >= 15 is 0 Å². The van der Waals surface area contributed by atoms with Gasteiger partial charge in [-0.3, -0.25) is 4.79 Å². The Hall–Kier alpha value is -1.11. The van der Waals surface area contributed by atoms with Gasteiger partial charge in [-0.25, -0.2) is 0 Å². The van der Waals surface area contributed by atoms with Gasteiger partial charge in [-0.2, -0.15) is 0 Å². The smallest absolute Gasteiger partial charge is 0.166 e. The van der Waals surface area contributed by atoms with Crippen LogP contribution in [0.4, 0.5) is 0 Å². The van der Waals surface area contributed by atoms with Crippen LogP contribution >= 0.6 is 0 Å². The molecule has 0 N–H and O–H groups in total. The van der Waals surface area contributed by atoms with Gasteiger partial charge >= 0.3 is 0 Å². The highest BCUT2D eigenvalue weighted by Gasteiger charge is 2.27. The van der Waals surface area contributed by atoms with Crippen molar-refractivity contribution in [3.8, 4) is 0 Å². The lowest BCUT2D eigenvalue weighted by Gasteiger charge is -2.28. The number of unbranched alkanes of at least 4 members (excludes halogenated alkanes) is 1. The van der Waals surface area contributed by atoms with Crippen molar-refractivity contribution in [1.29, 1.82) is 0 Å². The van der Waals surface area contributed by atoms with Gasteiger partial charge in [0.05, 0.1) is 0 Å². The van der Waals surface area contributed by atoms with Crippen molar-refractivity contribution in [3.63, 3.8) is 0 Å². The van der Waals surface area contributed by atoms with E-state index in [1.165, 1.54) is 37.7 Å². The van der Waals surface area contributed by atoms with Crippen molar-refractivity contribution in [2.45, 2.75) is 71.1 Å². The molecule has 1 aromatic rings. The SMILES string of the molecule is CCCCC(CCC)C(=O)c1ccccc1C1CCC1. The maximum Gasteiger partial charge on any atom is 0.166 e. The lowest BCUT2D eigenvalue weighted by molar-refractivity contribution is 0.0901. The Kier molecular flexibility index (Phi) is 5.82. The highest BCUT2D eigenvalue weighted by Crippen LogP contribution is 2.38. The average molecular weight is 272 g/mol. The fourth-order valence-electron chi connectivity index (χ4n) is 3.22. The normalized spacial score (nSPS) is 16.7. The molecule has 1 aromatic carbocycles. The first kappa shape index (κ1) is 15.3. The summed E-state index contributed by atoms with van der Waals surface area (Å²) in [6, 6.07) is 8.36. The lowest BCUT2D eigenvalue weighted by Crippen LogP contribution is -2.19. The van der Waals surface area contributed by atoms with Crippen molar-refractivity contribution >= 4 is 5.78 Å². The summed E-state index contributed by atoms with van der Waals surface area (Å²) in [5.74, 6) is 1.28. The summed E-state index contributed by atoms with van der Waals surface area (Å²) < 4.78 is 0. The lowest BCUT2D eigenvalue weighted by atomic mass is 9.76. The van der Waals surface area contributed by atoms with Gasteiger partial charge in [0.2, 0.25) is 0 Å². The predicted molar refractivity (Wildman–Crippen MR) is 85.3 cm³/mol. The first-order chi connectivity index (χ1) is 9.77. The van der Waals surface area contributed by atoms with Crippen LogP contribution < -0.4 is 0 Å². The zero-order chi connectivity index (χ0) is 14.4. The molecule has 110 valence electrons. The van der Waals surface area contributed by atoms with Gasteiger partial charge in [0.1, 0.15) is 0 Å². The molecule has 0 amide bonds. The summed E-state index contributed by atoms with van der Waals surface area (Å²) in [6.07, 6.45) is 9.39. The Labute approximate surface area is 123 Å². The Bertz CT molecular complexity index is 431. The molecule has 0 bridgehead atoms. The van der Waals surface area contributed by atoms with Crippen LogP contribution in [0.15, 0.2) is 24.3 Å². The minimum atomic E-state index is 0.237. The van der Waals surface area contributed by atoms with E-state index in [0.717, 1.165) is 24.8 Å². The monoisotopic (exact) mass is 272 g/mol. The van der Waals surface area contributed by atoms with E-state index in [-0.39, 0.29) is 5.92 Å². The zero-order valence-electron chi connectivity index (χ0n) is 13.0. The van der Waals surface area contributed by atoms with Crippen molar-refractivity contribution in [2.75, 3.05) is 0 Å². The van der Waals surface area contributed by atoms with E-state index in [2.05, 4.69) is 32.0 Å². The number of hydrogen-bond acceptors (Lipinski definition) is 1. The second-order valence-electron chi connectivity index (χ2n) is 6.21. The quantitative estimate of drug-likeness (QED) is 0.551. The highest BCUT2D eigenvalue weighted by atomic mass is 16.1. The molecule has 20 heavy (non-hydrogen) atoms. The van der Waals surface area contributed by atoms with Crippen LogP contribution in [0.3, 0.4) is 0 Å². The molecule has 0 saturated heterocycles. The number of ketones is 1. The van der Waals surface area contributed by atoms with Crippen LogP contribution in [-0.4, -0.2) is 5.78 Å². The summed E-state index contributed by atoms with van der Waals surface area (Å²) in [4.78, 5) is 12.9. The molecule has 1 nitrogen and oxygen atoms in total. The van der Waals surface area contributed by atoms with Crippen LogP contribution in [0.25, 0.3) is 0 Å². The van der Waals surface area contributed by atoms with E-state index in [1.807, 2.05) is 6.07 Å². The molecule has 0 radical (unpaired) electrons. The molecule has 1 unspecified atom stereocenters. The van der Waals surface area contributed by atoms with Crippen LogP contribution in [0.5, 0.6) is 0 Å². The number of carbonyl (C=O) groups excluding carboxylic acids is 1. The first-order valence-electron chi connectivity index (χ1n) is 8.41. The maximum absolute atomic E-state index is 12.9. The Balaban J connectivity index is 2.17. The van der Waals surface area contributed by atoms with Gasteiger partial charge in [0, 0.05) is 11.5 Å². The second kappa shape index (κ2) is 7.61. The van der Waals surface area contributed by atoms with Crippen molar-refractivity contribution < 1.29 is 4.79 Å². The fourth-order valence-corrected chi connectivity index (χ4v) is 3.22. The Morgan fingerprint density at radius 3 is 2.50 bits per heavy atom. The van der Waals surface area contributed by atoms with Gasteiger partial charge in [0.15, 0.2) is 5.78 Å². The molecule has 1 aliphatic rings. The summed E-state index contributed by atoms with van der Waals surface area (Å²) in [5.41, 5.74) is 2.34. The van der Waals surface area contributed by atoms with E-state index in [1.54, 1.807) is 0 Å². The molecule has 0 spiro atoms. The first-order valence-corrected chi connectivity index (χ1v) is 8.41. The van der Waals surface area contributed by atoms with Crippen LogP contribution in [0.1, 0.15) is 87.1 Å². The van der Waals surface area contributed by atoms with Crippen LogP contribution in [0.2, 0.25) is 0 Å². The van der Waals surface area contributed by atoms with Gasteiger partial charge < -0.3 is 0 Å². The van der Waals surface area contributed by atoms with E-state index < -0.39 is 0 Å². The predicted octanol–water partition coefficient (Wildman–Crippen LogP) is 5.74. The molecule has 1 fully saturated rings. The molecule has 1 aliphatic carbocycles. The summed E-state index contributed by atoms with van der Waals surface area (Å²) >= 11 is 0. The number of rotatable bonds is 8. The third-order valence-corrected chi connectivity index (χ3v) is 4.69. The van der Waals surface area contributed by atoms with E-state index in [0.29, 0.717) is 11.7 Å². The Morgan fingerprint density at radius 2 is 1.90 bits per heavy atom. The number of carbonyl (C=O) groups is 1. The molecule has 0 heterocycles. The molecule has 1 atom stereocenters. The van der Waals surface area contributed by atoms with Gasteiger partial charge in [0.25, 0.3) is 0 Å². The third kappa shape index (κ3) is 3.50. The minimum absolute atomic E-state index is 0.237. The largest absolute Gasteiger partial charge is 0.294 e. The van der Waals surface area contributed by atoms with Crippen LogP contribution in [-0.2, 0) is 0 Å². The highest BCUT2D eigenvalue weighted by molar-refractivity contribution is 5.99. The average Bonchev–Trinajstić information content (AvgIpc) is 2.41. The van der Waals surface area contributed by atoms with E-state index in [4.69, 9.17) is 0 Å². The van der Waals surface area contributed by atoms with Gasteiger partial charge in [-0.15, -0.1) is 0 Å². The van der Waals surface area contributed by atoms with Gasteiger partial charge in [-0.1, -0.05) is 63.8 Å². The molecular weight excluding hydrogens is 244 g/mol. The number of benzene rings is 1. The molecule has 1 saturated carbocycles. The van der Waals surface area contributed by atoms with Crippen molar-refractivity contribution in [2.24, 2.45) is 5.92 Å². The third-order valence-electron chi connectivity index (χ3n) is 4.69. The molecule has 0 aromatic heterocycles. The summed E-state index contributed by atoms with van der Waals surface area (Å²) in [5, 5.41) is 0. The second-order valence-corrected chi connectivity index (χ2v) is 6.21. The van der Waals surface area contributed by atoms with E-state index in [9.17, 15) is 4.79 Å². The minimum Gasteiger partial charge on any atom is -0.294 e. The molecule has 2 rings (SSSR count). The number of hydrogen-bond donors (Lipinski definition) is 0. The van der Waals surface area contributed by atoms with Crippen molar-refractivity contribution in [3.05, 3.63) is 35.4 Å². The fraction of sp³-hybridized carbons (Fsp3) is 0.632.